The third-order valence-corrected chi connectivity index (χ3v) is 4.08. The van der Waals surface area contributed by atoms with Crippen LogP contribution in [-0.2, 0) is 9.53 Å². The average Bonchev–Trinajstić information content (AvgIpc) is 2.56. The summed E-state index contributed by atoms with van der Waals surface area (Å²) in [7, 11) is 0. The molecular formula is C18H28F2N2O2. The molecule has 136 valence electrons. The molecule has 0 aliphatic carbocycles. The monoisotopic (exact) mass is 342 g/mol. The van der Waals surface area contributed by atoms with Gasteiger partial charge in [0.05, 0.1) is 0 Å². The van der Waals surface area contributed by atoms with Crippen molar-refractivity contribution in [1.29, 1.82) is 0 Å². The highest BCUT2D eigenvalue weighted by molar-refractivity contribution is 5.81. The Kier molecular flexibility index (Phi) is 8.28. The Morgan fingerprint density at radius 1 is 1.25 bits per heavy atom. The zero-order chi connectivity index (χ0) is 18.2. The van der Waals surface area contributed by atoms with Crippen LogP contribution >= 0.6 is 0 Å². The number of esters is 1. The molecule has 0 fully saturated rings. The SMILES string of the molecule is CCCCC(OC(=O)C(N)(CCCN)C(F)F)c1ccc(C)cc1. The molecule has 1 aromatic rings. The van der Waals surface area contributed by atoms with E-state index in [2.05, 4.69) is 0 Å². The first-order valence-electron chi connectivity index (χ1n) is 8.39. The molecular weight excluding hydrogens is 314 g/mol. The van der Waals surface area contributed by atoms with Crippen LogP contribution < -0.4 is 11.5 Å². The molecule has 4 N–H and O–H groups in total. The fourth-order valence-electron chi connectivity index (χ4n) is 2.40. The maximum atomic E-state index is 13.3. The number of halogens is 2. The summed E-state index contributed by atoms with van der Waals surface area (Å²) in [5.74, 6) is -1.06. The van der Waals surface area contributed by atoms with Gasteiger partial charge in [0.15, 0.2) is 5.54 Å². The third kappa shape index (κ3) is 5.53. The van der Waals surface area contributed by atoms with Crippen LogP contribution in [-0.4, -0.2) is 24.5 Å². The first-order chi connectivity index (χ1) is 11.3. The standard InChI is InChI=1S/C18H28F2N2O2/c1-3-4-6-15(14-9-7-13(2)8-10-14)24-17(23)18(22,16(19)20)11-5-12-21/h7-10,15-16H,3-6,11-12,21-22H2,1-2H3. The minimum Gasteiger partial charge on any atom is -0.456 e. The van der Waals surface area contributed by atoms with Crippen molar-refractivity contribution in [3.63, 3.8) is 0 Å². The zero-order valence-electron chi connectivity index (χ0n) is 14.4. The lowest BCUT2D eigenvalue weighted by Gasteiger charge is -2.29. The Morgan fingerprint density at radius 2 is 1.88 bits per heavy atom. The lowest BCUT2D eigenvalue weighted by molar-refractivity contribution is -0.163. The average molecular weight is 342 g/mol. The minimum absolute atomic E-state index is 0.191. The Bertz CT molecular complexity index is 508. The third-order valence-electron chi connectivity index (χ3n) is 4.08. The van der Waals surface area contributed by atoms with Gasteiger partial charge in [0.25, 0.3) is 6.43 Å². The molecule has 0 radical (unpaired) electrons. The number of benzene rings is 1. The zero-order valence-corrected chi connectivity index (χ0v) is 14.4. The number of alkyl halides is 2. The summed E-state index contributed by atoms with van der Waals surface area (Å²) < 4.78 is 32.1. The first-order valence-corrected chi connectivity index (χ1v) is 8.39. The van der Waals surface area contributed by atoms with E-state index in [1.165, 1.54) is 0 Å². The van der Waals surface area contributed by atoms with Crippen LogP contribution in [0.15, 0.2) is 24.3 Å². The number of carbonyl (C=O) groups is 1. The van der Waals surface area contributed by atoms with Crippen LogP contribution in [0.1, 0.15) is 56.3 Å². The quantitative estimate of drug-likeness (QED) is 0.638. The molecule has 0 saturated carbocycles. The highest BCUT2D eigenvalue weighted by Crippen LogP contribution is 2.28. The first kappa shape index (κ1) is 20.5. The Hall–Kier alpha value is -1.53. The fourth-order valence-corrected chi connectivity index (χ4v) is 2.40. The van der Waals surface area contributed by atoms with E-state index in [9.17, 15) is 13.6 Å². The van der Waals surface area contributed by atoms with E-state index in [0.717, 1.165) is 24.0 Å². The smallest absolute Gasteiger partial charge is 0.332 e. The van der Waals surface area contributed by atoms with Gasteiger partial charge in [0.2, 0.25) is 0 Å². The highest BCUT2D eigenvalue weighted by Gasteiger charge is 2.45. The number of unbranched alkanes of at least 4 members (excludes halogenated alkanes) is 1. The predicted molar refractivity (Wildman–Crippen MR) is 90.7 cm³/mol. The number of rotatable bonds is 10. The van der Waals surface area contributed by atoms with Crippen molar-refractivity contribution in [2.45, 2.75) is 64.0 Å². The fraction of sp³-hybridized carbons (Fsp3) is 0.611. The molecule has 0 aliphatic rings. The van der Waals surface area contributed by atoms with Crippen LogP contribution in [0.5, 0.6) is 0 Å². The highest BCUT2D eigenvalue weighted by atomic mass is 19.3. The van der Waals surface area contributed by atoms with Gasteiger partial charge in [0.1, 0.15) is 6.10 Å². The van der Waals surface area contributed by atoms with Gasteiger partial charge in [-0.2, -0.15) is 0 Å². The van der Waals surface area contributed by atoms with Crippen LogP contribution in [0.4, 0.5) is 8.78 Å². The minimum atomic E-state index is -3.00. The number of ether oxygens (including phenoxy) is 1. The maximum absolute atomic E-state index is 13.3. The van der Waals surface area contributed by atoms with Crippen molar-refractivity contribution in [3.8, 4) is 0 Å². The topological polar surface area (TPSA) is 78.3 Å². The number of nitrogens with two attached hydrogens (primary N) is 2. The largest absolute Gasteiger partial charge is 0.456 e. The van der Waals surface area contributed by atoms with E-state index in [1.807, 2.05) is 38.1 Å². The van der Waals surface area contributed by atoms with Gasteiger partial charge in [-0.3, -0.25) is 0 Å². The van der Waals surface area contributed by atoms with E-state index < -0.39 is 24.0 Å². The van der Waals surface area contributed by atoms with Crippen molar-refractivity contribution in [3.05, 3.63) is 35.4 Å². The predicted octanol–water partition coefficient (Wildman–Crippen LogP) is 3.47. The van der Waals surface area contributed by atoms with Crippen molar-refractivity contribution in [1.82, 2.24) is 0 Å². The van der Waals surface area contributed by atoms with E-state index in [-0.39, 0.29) is 19.4 Å². The van der Waals surface area contributed by atoms with E-state index in [1.54, 1.807) is 0 Å². The summed E-state index contributed by atoms with van der Waals surface area (Å²) in [6.07, 6.45) is -1.23. The van der Waals surface area contributed by atoms with Crippen LogP contribution in [0.3, 0.4) is 0 Å². The number of carbonyl (C=O) groups excluding carboxylic acids is 1. The molecule has 0 spiro atoms. The van der Waals surface area contributed by atoms with Crippen LogP contribution in [0.2, 0.25) is 0 Å². The molecule has 1 aromatic carbocycles. The molecule has 0 saturated heterocycles. The molecule has 1 rings (SSSR count). The molecule has 2 atom stereocenters. The van der Waals surface area contributed by atoms with E-state index >= 15 is 0 Å². The molecule has 0 aliphatic heterocycles. The Morgan fingerprint density at radius 3 is 2.38 bits per heavy atom. The van der Waals surface area contributed by atoms with Crippen molar-refractivity contribution >= 4 is 5.97 Å². The molecule has 24 heavy (non-hydrogen) atoms. The Balaban J connectivity index is 2.94. The normalized spacial score (nSPS) is 15.1. The van der Waals surface area contributed by atoms with Crippen molar-refractivity contribution < 1.29 is 18.3 Å². The van der Waals surface area contributed by atoms with Gasteiger partial charge in [-0.25, -0.2) is 13.6 Å². The van der Waals surface area contributed by atoms with Gasteiger partial charge < -0.3 is 16.2 Å². The maximum Gasteiger partial charge on any atom is 0.332 e. The second-order valence-electron chi connectivity index (χ2n) is 6.18. The van der Waals surface area contributed by atoms with Gasteiger partial charge in [-0.15, -0.1) is 0 Å². The van der Waals surface area contributed by atoms with Gasteiger partial charge in [-0.1, -0.05) is 43.2 Å². The second kappa shape index (κ2) is 9.69. The molecule has 0 aromatic heterocycles. The number of aryl methyl sites for hydroxylation is 1. The summed E-state index contributed by atoms with van der Waals surface area (Å²) in [5, 5.41) is 0. The summed E-state index contributed by atoms with van der Waals surface area (Å²) in [5.41, 5.74) is 10.6. The van der Waals surface area contributed by atoms with Crippen molar-refractivity contribution in [2.24, 2.45) is 11.5 Å². The molecule has 0 bridgehead atoms. The van der Waals surface area contributed by atoms with E-state index in [4.69, 9.17) is 16.2 Å². The van der Waals surface area contributed by atoms with Crippen molar-refractivity contribution in [2.75, 3.05) is 6.54 Å². The van der Waals surface area contributed by atoms with Crippen LogP contribution in [0.25, 0.3) is 0 Å². The second-order valence-corrected chi connectivity index (χ2v) is 6.18. The molecule has 4 nitrogen and oxygen atoms in total. The number of hydrogen-bond donors (Lipinski definition) is 2. The number of hydrogen-bond acceptors (Lipinski definition) is 4. The Labute approximate surface area is 142 Å². The lowest BCUT2D eigenvalue weighted by atomic mass is 9.94. The van der Waals surface area contributed by atoms with Crippen LogP contribution in [0, 0.1) is 6.92 Å². The summed E-state index contributed by atoms with van der Waals surface area (Å²) in [6.45, 7) is 4.16. The summed E-state index contributed by atoms with van der Waals surface area (Å²) >= 11 is 0. The lowest BCUT2D eigenvalue weighted by Crippen LogP contribution is -2.55. The summed E-state index contributed by atoms with van der Waals surface area (Å²) in [6, 6.07) is 7.51. The van der Waals surface area contributed by atoms with Gasteiger partial charge in [-0.05, 0) is 44.7 Å². The van der Waals surface area contributed by atoms with Gasteiger partial charge in [0, 0.05) is 0 Å². The van der Waals surface area contributed by atoms with E-state index in [0.29, 0.717) is 6.42 Å². The summed E-state index contributed by atoms with van der Waals surface area (Å²) in [4.78, 5) is 12.4. The van der Waals surface area contributed by atoms with Gasteiger partial charge >= 0.3 is 5.97 Å². The molecule has 6 heteroatoms. The molecule has 0 amide bonds. The molecule has 2 unspecified atom stereocenters. The molecule has 0 heterocycles.